The van der Waals surface area contributed by atoms with Gasteiger partial charge in [-0.2, -0.15) is 0 Å². The number of β-amino-alcohol motifs (C(OH)–C–C–N with tert-alkyl or cyclic N) is 1. The molecule has 9 nitrogen and oxygen atoms in total. The van der Waals surface area contributed by atoms with E-state index in [9.17, 15) is 5.11 Å². The molecule has 2 atom stereocenters. The fourth-order valence-corrected chi connectivity index (χ4v) is 4.22. The van der Waals surface area contributed by atoms with Crippen LogP contribution in [0.5, 0.6) is 5.75 Å². The number of anilines is 1. The normalized spacial score (nSPS) is 20.8. The number of hydrogen-bond donors (Lipinski definition) is 3. The number of fused-ring (bicyclic) bond motifs is 1. The van der Waals surface area contributed by atoms with E-state index in [4.69, 9.17) is 29.5 Å². The van der Waals surface area contributed by atoms with Crippen LogP contribution in [0.25, 0.3) is 10.9 Å². The van der Waals surface area contributed by atoms with Gasteiger partial charge in [-0.15, -0.1) is 0 Å². The van der Waals surface area contributed by atoms with Crippen LogP contribution in [0.15, 0.2) is 24.3 Å². The second-order valence-corrected chi connectivity index (χ2v) is 7.53. The summed E-state index contributed by atoms with van der Waals surface area (Å²) in [4.78, 5) is 26.3. The topological polar surface area (TPSA) is 123 Å². The van der Waals surface area contributed by atoms with Gasteiger partial charge in [0.1, 0.15) is 11.6 Å². The summed E-state index contributed by atoms with van der Waals surface area (Å²) in [5.41, 5.74) is 2.16. The number of benzene rings is 1. The summed E-state index contributed by atoms with van der Waals surface area (Å²) in [5, 5.41) is 25.5. The number of pyridine rings is 1. The van der Waals surface area contributed by atoms with Gasteiger partial charge in [-0.25, -0.2) is 4.98 Å². The van der Waals surface area contributed by atoms with Crippen molar-refractivity contribution in [3.63, 3.8) is 0 Å². The molecule has 0 aliphatic carbocycles. The first kappa shape index (κ1) is 24.4. The lowest BCUT2D eigenvalue weighted by Crippen LogP contribution is -2.45. The molecule has 1 aromatic carbocycles. The second-order valence-electron chi connectivity index (χ2n) is 7.53. The molecule has 2 aliphatic heterocycles. The number of carbonyl (C=O) groups is 2. The Labute approximate surface area is 181 Å². The molecular formula is C22H31N3O6. The number of methoxy groups -OCH3 is 1. The molecular weight excluding hydrogens is 402 g/mol. The van der Waals surface area contributed by atoms with E-state index in [0.717, 1.165) is 42.1 Å². The van der Waals surface area contributed by atoms with Gasteiger partial charge in [-0.1, -0.05) is 6.42 Å². The van der Waals surface area contributed by atoms with Crippen molar-refractivity contribution in [2.75, 3.05) is 38.2 Å². The van der Waals surface area contributed by atoms with Gasteiger partial charge in [0.15, 0.2) is 0 Å². The maximum Gasteiger partial charge on any atom is 0.290 e. The number of rotatable bonds is 3. The lowest BCUT2D eigenvalue weighted by molar-refractivity contribution is -0.123. The zero-order valence-electron chi connectivity index (χ0n) is 18.0. The maximum atomic E-state index is 10.6. The van der Waals surface area contributed by atoms with Crippen LogP contribution in [0.1, 0.15) is 24.8 Å². The van der Waals surface area contributed by atoms with E-state index in [1.54, 1.807) is 7.11 Å². The number of ether oxygens (including phenoxy) is 1. The standard InChI is InChI=1S/C20H27N3O2.2CH2O2/c1-14-10-20(21-17-11-15(25-2)6-7-16(14)17)23-12-18(19(24)13-23)22-8-4-3-5-9-22;2*2-1-3/h6-7,10-11,18-19,24H,3-5,8-9,12-13H2,1-2H3;2*1H,(H,2,3)/t18-,19-;;/m0../s1. The fourth-order valence-electron chi connectivity index (χ4n) is 4.22. The fraction of sp³-hybridized carbons (Fsp3) is 0.500. The Bertz CT molecular complexity index is 851. The molecule has 0 saturated carbocycles. The highest BCUT2D eigenvalue weighted by Gasteiger charge is 2.36. The number of likely N-dealkylation sites (tertiary alicyclic amines) is 1. The molecule has 0 radical (unpaired) electrons. The molecule has 170 valence electrons. The number of aliphatic hydroxyl groups excluding tert-OH is 1. The van der Waals surface area contributed by atoms with Crippen molar-refractivity contribution in [1.82, 2.24) is 9.88 Å². The van der Waals surface area contributed by atoms with Gasteiger partial charge in [0.05, 0.1) is 24.8 Å². The number of carboxylic acid groups (broad SMARTS) is 2. The molecule has 2 aromatic rings. The first-order valence-corrected chi connectivity index (χ1v) is 10.3. The van der Waals surface area contributed by atoms with Gasteiger partial charge in [0, 0.05) is 24.5 Å². The second kappa shape index (κ2) is 12.1. The number of aromatic nitrogens is 1. The molecule has 4 rings (SSSR count). The molecule has 0 amide bonds. The summed E-state index contributed by atoms with van der Waals surface area (Å²) in [7, 11) is 1.68. The molecule has 3 N–H and O–H groups in total. The minimum absolute atomic E-state index is 0.225. The zero-order chi connectivity index (χ0) is 22.8. The van der Waals surface area contributed by atoms with Crippen molar-refractivity contribution in [3.05, 3.63) is 29.8 Å². The number of hydrogen-bond acceptors (Lipinski definition) is 7. The van der Waals surface area contributed by atoms with E-state index in [1.807, 2.05) is 12.1 Å². The molecule has 31 heavy (non-hydrogen) atoms. The predicted molar refractivity (Wildman–Crippen MR) is 118 cm³/mol. The summed E-state index contributed by atoms with van der Waals surface area (Å²) in [6.45, 7) is 5.34. The van der Waals surface area contributed by atoms with Gasteiger partial charge in [0.25, 0.3) is 12.9 Å². The van der Waals surface area contributed by atoms with Crippen molar-refractivity contribution in [2.24, 2.45) is 0 Å². The minimum Gasteiger partial charge on any atom is -0.497 e. The lowest BCUT2D eigenvalue weighted by atomic mass is 10.1. The molecule has 2 saturated heterocycles. The number of piperidine rings is 1. The van der Waals surface area contributed by atoms with Crippen molar-refractivity contribution in [2.45, 2.75) is 38.3 Å². The van der Waals surface area contributed by atoms with Gasteiger partial charge >= 0.3 is 0 Å². The Morgan fingerprint density at radius 1 is 1.06 bits per heavy atom. The monoisotopic (exact) mass is 433 g/mol. The quantitative estimate of drug-likeness (QED) is 0.624. The minimum atomic E-state index is -0.304. The van der Waals surface area contributed by atoms with Gasteiger partial charge in [0.2, 0.25) is 0 Å². The smallest absolute Gasteiger partial charge is 0.290 e. The summed E-state index contributed by atoms with van der Waals surface area (Å²) in [6, 6.07) is 8.39. The Morgan fingerprint density at radius 3 is 2.32 bits per heavy atom. The number of nitrogens with zero attached hydrogens (tertiary/aromatic N) is 3. The van der Waals surface area contributed by atoms with Crippen molar-refractivity contribution >= 4 is 29.7 Å². The van der Waals surface area contributed by atoms with Gasteiger partial charge in [-0.3, -0.25) is 14.5 Å². The molecule has 0 spiro atoms. The summed E-state index contributed by atoms with van der Waals surface area (Å²) >= 11 is 0. The average Bonchev–Trinajstić information content (AvgIpc) is 3.16. The third kappa shape index (κ3) is 6.28. The Hall–Kier alpha value is -2.91. The first-order chi connectivity index (χ1) is 15.0. The van der Waals surface area contributed by atoms with Crippen molar-refractivity contribution in [3.8, 4) is 5.75 Å². The zero-order valence-corrected chi connectivity index (χ0v) is 18.0. The van der Waals surface area contributed by atoms with Gasteiger partial charge < -0.3 is 25.0 Å². The third-order valence-electron chi connectivity index (χ3n) is 5.65. The van der Waals surface area contributed by atoms with Crippen molar-refractivity contribution < 1.29 is 29.6 Å². The van der Waals surface area contributed by atoms with E-state index in [2.05, 4.69) is 28.9 Å². The van der Waals surface area contributed by atoms with E-state index < -0.39 is 0 Å². The Morgan fingerprint density at radius 2 is 1.71 bits per heavy atom. The van der Waals surface area contributed by atoms with E-state index in [-0.39, 0.29) is 25.1 Å². The number of aliphatic hydroxyl groups is 1. The molecule has 2 aliphatic rings. The van der Waals surface area contributed by atoms with Crippen LogP contribution in [-0.2, 0) is 9.59 Å². The maximum absolute atomic E-state index is 10.6. The first-order valence-electron chi connectivity index (χ1n) is 10.3. The Kier molecular flexibility index (Phi) is 9.48. The van der Waals surface area contributed by atoms with Crippen LogP contribution in [0.4, 0.5) is 5.82 Å². The van der Waals surface area contributed by atoms with Crippen LogP contribution in [0, 0.1) is 6.92 Å². The van der Waals surface area contributed by atoms with Crippen LogP contribution in [-0.4, -0.2) is 83.6 Å². The van der Waals surface area contributed by atoms with E-state index in [0.29, 0.717) is 6.54 Å². The van der Waals surface area contributed by atoms with Crippen LogP contribution < -0.4 is 9.64 Å². The van der Waals surface area contributed by atoms with Gasteiger partial charge in [-0.05, 0) is 56.6 Å². The largest absolute Gasteiger partial charge is 0.497 e. The number of aryl methyl sites for hydroxylation is 1. The summed E-state index contributed by atoms with van der Waals surface area (Å²) in [6.07, 6.45) is 3.50. The third-order valence-corrected chi connectivity index (χ3v) is 5.65. The molecule has 9 heteroatoms. The van der Waals surface area contributed by atoms with Crippen LogP contribution in [0.2, 0.25) is 0 Å². The van der Waals surface area contributed by atoms with Crippen LogP contribution >= 0.6 is 0 Å². The predicted octanol–water partition coefficient (Wildman–Crippen LogP) is 1.99. The molecule has 3 heterocycles. The summed E-state index contributed by atoms with van der Waals surface area (Å²) < 4.78 is 5.34. The van der Waals surface area contributed by atoms with E-state index >= 15 is 0 Å². The highest BCUT2D eigenvalue weighted by molar-refractivity contribution is 5.85. The Balaban J connectivity index is 0.000000513. The highest BCUT2D eigenvalue weighted by atomic mass is 16.5. The molecule has 1 aromatic heterocycles. The molecule has 0 unspecified atom stereocenters. The molecule has 0 bridgehead atoms. The lowest BCUT2D eigenvalue weighted by Gasteiger charge is -2.33. The average molecular weight is 434 g/mol. The summed E-state index contributed by atoms with van der Waals surface area (Å²) in [5.74, 6) is 1.78. The van der Waals surface area contributed by atoms with E-state index in [1.165, 1.54) is 24.8 Å². The molecule has 2 fully saturated rings. The van der Waals surface area contributed by atoms with Crippen LogP contribution in [0.3, 0.4) is 0 Å². The highest BCUT2D eigenvalue weighted by Crippen LogP contribution is 2.29. The SMILES string of the molecule is COc1ccc2c(C)cc(N3C[C@H](O)[C@@H](N4CCCCC4)C3)nc2c1.O=CO.O=CO. The van der Waals surface area contributed by atoms with Crippen molar-refractivity contribution in [1.29, 1.82) is 0 Å².